The van der Waals surface area contributed by atoms with Crippen LogP contribution in [0.15, 0.2) is 18.2 Å². The second-order valence-electron chi connectivity index (χ2n) is 3.33. The molecule has 0 aliphatic rings. The molecule has 2 N–H and O–H groups in total. The number of halogens is 2. The predicted octanol–water partition coefficient (Wildman–Crippen LogP) is 1.98. The van der Waals surface area contributed by atoms with E-state index in [4.69, 9.17) is 28.9 Å². The van der Waals surface area contributed by atoms with Crippen molar-refractivity contribution in [2.75, 3.05) is 0 Å². The van der Waals surface area contributed by atoms with Crippen molar-refractivity contribution in [3.05, 3.63) is 39.9 Å². The molecule has 0 spiro atoms. The van der Waals surface area contributed by atoms with Crippen LogP contribution in [0.4, 0.5) is 0 Å². The zero-order valence-corrected chi connectivity index (χ0v) is 10.3. The first-order valence-electron chi connectivity index (χ1n) is 4.68. The Kier molecular flexibility index (Phi) is 3.04. The molecule has 0 aliphatic carbocycles. The van der Waals surface area contributed by atoms with Crippen LogP contribution in [0.3, 0.4) is 0 Å². The topological polar surface area (TPSA) is 73.8 Å². The van der Waals surface area contributed by atoms with E-state index < -0.39 is 5.91 Å². The third kappa shape index (κ3) is 2.11. The third-order valence-electron chi connectivity index (χ3n) is 2.14. The number of rotatable bonds is 2. The normalized spacial score (nSPS) is 10.5. The van der Waals surface area contributed by atoms with Gasteiger partial charge < -0.3 is 5.73 Å². The minimum atomic E-state index is -0.699. The van der Waals surface area contributed by atoms with Gasteiger partial charge in [0.1, 0.15) is 11.5 Å². The minimum absolute atomic E-state index is 0.0708. The molecule has 0 aliphatic heterocycles. The second kappa shape index (κ2) is 4.35. The molecule has 1 amide bonds. The molecule has 7 heteroatoms. The van der Waals surface area contributed by atoms with Crippen LogP contribution in [0.1, 0.15) is 16.4 Å². The second-order valence-corrected chi connectivity index (χ2v) is 4.14. The lowest BCUT2D eigenvalue weighted by Gasteiger charge is -2.07. The van der Waals surface area contributed by atoms with Crippen LogP contribution in [-0.4, -0.2) is 20.7 Å². The summed E-state index contributed by atoms with van der Waals surface area (Å²) in [7, 11) is 0. The minimum Gasteiger partial charge on any atom is -0.363 e. The highest BCUT2D eigenvalue weighted by molar-refractivity contribution is 6.37. The van der Waals surface area contributed by atoms with E-state index in [1.54, 1.807) is 25.1 Å². The Morgan fingerprint density at radius 2 is 1.94 bits per heavy atom. The number of carbonyl (C=O) groups is 1. The summed E-state index contributed by atoms with van der Waals surface area (Å²) in [5.41, 5.74) is 5.59. The number of benzene rings is 1. The van der Waals surface area contributed by atoms with Gasteiger partial charge in [-0.1, -0.05) is 29.3 Å². The average molecular weight is 271 g/mol. The molecular weight excluding hydrogens is 263 g/mol. The third-order valence-corrected chi connectivity index (χ3v) is 2.75. The Morgan fingerprint density at radius 3 is 2.41 bits per heavy atom. The predicted molar refractivity (Wildman–Crippen MR) is 64.6 cm³/mol. The molecule has 0 atom stereocenters. The number of primary amides is 1. The highest BCUT2D eigenvalue weighted by atomic mass is 35.5. The summed E-state index contributed by atoms with van der Waals surface area (Å²) in [5, 5.41) is 4.80. The quantitative estimate of drug-likeness (QED) is 0.907. The fourth-order valence-corrected chi connectivity index (χ4v) is 1.96. The Hall–Kier alpha value is -1.59. The smallest absolute Gasteiger partial charge is 0.288 e. The molecule has 0 radical (unpaired) electrons. The molecule has 17 heavy (non-hydrogen) atoms. The Balaban J connectivity index is 2.64. The molecular formula is C10H8Cl2N4O. The van der Waals surface area contributed by atoms with Crippen molar-refractivity contribution in [1.82, 2.24) is 14.8 Å². The van der Waals surface area contributed by atoms with Gasteiger partial charge in [0.2, 0.25) is 5.82 Å². The van der Waals surface area contributed by atoms with E-state index in [2.05, 4.69) is 10.1 Å². The molecule has 1 aromatic heterocycles. The molecule has 1 heterocycles. The number of carbonyl (C=O) groups excluding carboxylic acids is 1. The molecule has 0 saturated carbocycles. The van der Waals surface area contributed by atoms with Crippen molar-refractivity contribution in [3.8, 4) is 5.69 Å². The molecule has 2 aromatic rings. The summed E-state index contributed by atoms with van der Waals surface area (Å²) in [6.07, 6.45) is 0. The number of para-hydroxylation sites is 1. The van der Waals surface area contributed by atoms with E-state index in [1.807, 2.05) is 0 Å². The highest BCUT2D eigenvalue weighted by Crippen LogP contribution is 2.28. The zero-order chi connectivity index (χ0) is 12.6. The lowest BCUT2D eigenvalue weighted by Crippen LogP contribution is -2.13. The Labute approximate surface area is 107 Å². The van der Waals surface area contributed by atoms with Crippen LogP contribution in [0.25, 0.3) is 5.69 Å². The van der Waals surface area contributed by atoms with Crippen LogP contribution in [0, 0.1) is 6.92 Å². The standard InChI is InChI=1S/C10H8Cl2N4O/c1-5-14-10(9(13)17)15-16(5)8-6(11)3-2-4-7(8)12/h2-4H,1H3,(H2,13,17). The van der Waals surface area contributed by atoms with Gasteiger partial charge in [-0.2, -0.15) is 0 Å². The first-order valence-corrected chi connectivity index (χ1v) is 5.44. The van der Waals surface area contributed by atoms with Crippen molar-refractivity contribution in [2.24, 2.45) is 5.73 Å². The van der Waals surface area contributed by atoms with Crippen molar-refractivity contribution in [1.29, 1.82) is 0 Å². The number of hydrogen-bond donors (Lipinski definition) is 1. The Morgan fingerprint density at radius 1 is 1.35 bits per heavy atom. The summed E-state index contributed by atoms with van der Waals surface area (Å²) in [4.78, 5) is 14.9. The van der Waals surface area contributed by atoms with Gasteiger partial charge >= 0.3 is 0 Å². The van der Waals surface area contributed by atoms with Crippen LogP contribution in [-0.2, 0) is 0 Å². The van der Waals surface area contributed by atoms with Crippen molar-refractivity contribution >= 4 is 29.1 Å². The molecule has 5 nitrogen and oxygen atoms in total. The maximum absolute atomic E-state index is 11.0. The molecule has 2 rings (SSSR count). The van der Waals surface area contributed by atoms with Crippen molar-refractivity contribution in [3.63, 3.8) is 0 Å². The molecule has 0 unspecified atom stereocenters. The van der Waals surface area contributed by atoms with Crippen LogP contribution >= 0.6 is 23.2 Å². The van der Waals surface area contributed by atoms with Crippen LogP contribution in [0.5, 0.6) is 0 Å². The number of aromatic nitrogens is 3. The fraction of sp³-hybridized carbons (Fsp3) is 0.100. The van der Waals surface area contributed by atoms with E-state index in [9.17, 15) is 4.79 Å². The maximum atomic E-state index is 11.0. The van der Waals surface area contributed by atoms with Gasteiger partial charge in [-0.05, 0) is 19.1 Å². The largest absolute Gasteiger partial charge is 0.363 e. The van der Waals surface area contributed by atoms with E-state index >= 15 is 0 Å². The van der Waals surface area contributed by atoms with Gasteiger partial charge in [0.25, 0.3) is 5.91 Å². The van der Waals surface area contributed by atoms with E-state index in [-0.39, 0.29) is 5.82 Å². The van der Waals surface area contributed by atoms with E-state index in [0.29, 0.717) is 21.6 Å². The van der Waals surface area contributed by atoms with E-state index in [1.165, 1.54) is 4.68 Å². The van der Waals surface area contributed by atoms with Crippen LogP contribution in [0.2, 0.25) is 10.0 Å². The average Bonchev–Trinajstić information content (AvgIpc) is 2.61. The lowest BCUT2D eigenvalue weighted by atomic mass is 10.3. The molecule has 0 fully saturated rings. The molecule has 0 saturated heterocycles. The SMILES string of the molecule is Cc1nc(C(N)=O)nn1-c1c(Cl)cccc1Cl. The zero-order valence-electron chi connectivity index (χ0n) is 8.82. The van der Waals surface area contributed by atoms with E-state index in [0.717, 1.165) is 0 Å². The summed E-state index contributed by atoms with van der Waals surface area (Å²) in [6, 6.07) is 5.07. The summed E-state index contributed by atoms with van der Waals surface area (Å²) >= 11 is 12.1. The summed E-state index contributed by atoms with van der Waals surface area (Å²) < 4.78 is 1.39. The van der Waals surface area contributed by atoms with Gasteiger partial charge in [-0.25, -0.2) is 9.67 Å². The Bertz CT molecular complexity index is 574. The fourth-order valence-electron chi connectivity index (χ4n) is 1.40. The number of amides is 1. The van der Waals surface area contributed by atoms with Gasteiger partial charge in [-0.3, -0.25) is 4.79 Å². The summed E-state index contributed by atoms with van der Waals surface area (Å²) in [5.74, 6) is -0.290. The van der Waals surface area contributed by atoms with Crippen molar-refractivity contribution in [2.45, 2.75) is 6.92 Å². The monoisotopic (exact) mass is 270 g/mol. The van der Waals surface area contributed by atoms with Gasteiger partial charge in [0.15, 0.2) is 0 Å². The van der Waals surface area contributed by atoms with Crippen LogP contribution < -0.4 is 5.73 Å². The number of nitrogens with two attached hydrogens (primary N) is 1. The first kappa shape index (κ1) is 11.9. The molecule has 1 aromatic carbocycles. The van der Waals surface area contributed by atoms with Gasteiger partial charge in [-0.15, -0.1) is 5.10 Å². The molecule has 0 bridgehead atoms. The number of nitrogens with zero attached hydrogens (tertiary/aromatic N) is 3. The maximum Gasteiger partial charge on any atom is 0.288 e. The highest BCUT2D eigenvalue weighted by Gasteiger charge is 2.16. The lowest BCUT2D eigenvalue weighted by molar-refractivity contribution is 0.0990. The number of aryl methyl sites for hydroxylation is 1. The number of hydrogen-bond acceptors (Lipinski definition) is 3. The van der Waals surface area contributed by atoms with Crippen molar-refractivity contribution < 1.29 is 4.79 Å². The van der Waals surface area contributed by atoms with Gasteiger partial charge in [0.05, 0.1) is 10.0 Å². The first-order chi connectivity index (χ1) is 8.00. The summed E-state index contributed by atoms with van der Waals surface area (Å²) in [6.45, 7) is 1.68. The van der Waals surface area contributed by atoms with Gasteiger partial charge in [0, 0.05) is 0 Å². The molecule has 88 valence electrons.